The van der Waals surface area contributed by atoms with Crippen LogP contribution in [0.4, 0.5) is 4.79 Å². The Hall–Kier alpha value is -1.26. The van der Waals surface area contributed by atoms with E-state index in [2.05, 4.69) is 0 Å². The lowest BCUT2D eigenvalue weighted by molar-refractivity contribution is -0.158. The Morgan fingerprint density at radius 2 is 1.85 bits per heavy atom. The number of fused-ring (bicyclic) bond motifs is 1. The second kappa shape index (κ2) is 5.26. The summed E-state index contributed by atoms with van der Waals surface area (Å²) in [6.45, 7) is 6.24. The topological polar surface area (TPSA) is 55.8 Å². The van der Waals surface area contributed by atoms with E-state index in [0.29, 0.717) is 6.54 Å². The summed E-state index contributed by atoms with van der Waals surface area (Å²) in [5, 5.41) is 0. The first kappa shape index (κ1) is 15.1. The summed E-state index contributed by atoms with van der Waals surface area (Å²) in [6.07, 6.45) is 3.95. The molecule has 2 rings (SSSR count). The van der Waals surface area contributed by atoms with Crippen LogP contribution in [0.3, 0.4) is 0 Å². The molecule has 0 spiro atoms. The molecule has 0 aromatic rings. The largest absolute Gasteiger partial charge is 0.469 e. The first-order valence-corrected chi connectivity index (χ1v) is 7.38. The Labute approximate surface area is 120 Å². The standard InChI is InChI=1S/C15H25NO4/c1-14(2,3)20-13(18)16-10-6-9-15(12(17)19-4)8-5-7-11(15)16/h11H,5-10H2,1-4H3/t11-,15+/m1/s1. The van der Waals surface area contributed by atoms with Crippen LogP contribution in [0.1, 0.15) is 52.9 Å². The first-order valence-electron chi connectivity index (χ1n) is 7.38. The van der Waals surface area contributed by atoms with E-state index in [1.807, 2.05) is 20.8 Å². The van der Waals surface area contributed by atoms with Gasteiger partial charge in [-0.1, -0.05) is 6.42 Å². The molecule has 20 heavy (non-hydrogen) atoms. The van der Waals surface area contributed by atoms with Crippen LogP contribution < -0.4 is 0 Å². The highest BCUT2D eigenvalue weighted by Gasteiger charge is 2.55. The molecule has 0 aromatic heterocycles. The van der Waals surface area contributed by atoms with Crippen molar-refractivity contribution in [2.45, 2.75) is 64.5 Å². The minimum absolute atomic E-state index is 0.0708. The summed E-state index contributed by atoms with van der Waals surface area (Å²) < 4.78 is 10.5. The van der Waals surface area contributed by atoms with Crippen molar-refractivity contribution in [1.29, 1.82) is 0 Å². The molecule has 2 atom stereocenters. The molecule has 1 amide bonds. The van der Waals surface area contributed by atoms with Gasteiger partial charge in [-0.25, -0.2) is 4.79 Å². The van der Waals surface area contributed by atoms with Crippen molar-refractivity contribution in [3.63, 3.8) is 0 Å². The van der Waals surface area contributed by atoms with Gasteiger partial charge >= 0.3 is 12.1 Å². The number of methoxy groups -OCH3 is 1. The zero-order chi connectivity index (χ0) is 15.0. The molecule has 0 bridgehead atoms. The average molecular weight is 283 g/mol. The van der Waals surface area contributed by atoms with Gasteiger partial charge in [0.05, 0.1) is 18.6 Å². The number of carbonyl (C=O) groups is 2. The van der Waals surface area contributed by atoms with Crippen molar-refractivity contribution in [3.05, 3.63) is 0 Å². The molecule has 0 unspecified atom stereocenters. The van der Waals surface area contributed by atoms with Crippen LogP contribution in [0.5, 0.6) is 0 Å². The molecule has 114 valence electrons. The molecule has 1 saturated heterocycles. The van der Waals surface area contributed by atoms with E-state index in [1.54, 1.807) is 4.90 Å². The highest BCUT2D eigenvalue weighted by molar-refractivity contribution is 5.80. The Morgan fingerprint density at radius 3 is 2.45 bits per heavy atom. The predicted molar refractivity (Wildman–Crippen MR) is 74.3 cm³/mol. The van der Waals surface area contributed by atoms with Crippen LogP contribution in [-0.2, 0) is 14.3 Å². The molecule has 1 heterocycles. The molecule has 1 saturated carbocycles. The second-order valence-corrected chi connectivity index (χ2v) is 6.83. The molecule has 0 radical (unpaired) electrons. The van der Waals surface area contributed by atoms with Crippen molar-refractivity contribution in [2.24, 2.45) is 5.41 Å². The highest BCUT2D eigenvalue weighted by atomic mass is 16.6. The van der Waals surface area contributed by atoms with E-state index < -0.39 is 11.0 Å². The fourth-order valence-corrected chi connectivity index (χ4v) is 3.60. The number of amides is 1. The maximum atomic E-state index is 12.4. The number of hydrogen-bond acceptors (Lipinski definition) is 4. The second-order valence-electron chi connectivity index (χ2n) is 6.83. The van der Waals surface area contributed by atoms with Gasteiger partial charge in [0.1, 0.15) is 5.60 Å². The average Bonchev–Trinajstić information content (AvgIpc) is 2.80. The molecule has 5 heteroatoms. The van der Waals surface area contributed by atoms with Gasteiger partial charge in [-0.2, -0.15) is 0 Å². The summed E-state index contributed by atoms with van der Waals surface area (Å²) in [4.78, 5) is 26.3. The first-order chi connectivity index (χ1) is 9.30. The van der Waals surface area contributed by atoms with Crippen LogP contribution in [-0.4, -0.2) is 42.3 Å². The summed E-state index contributed by atoms with van der Waals surface area (Å²) in [6, 6.07) is -0.0708. The minimum Gasteiger partial charge on any atom is -0.469 e. The fraction of sp³-hybridized carbons (Fsp3) is 0.867. The number of carbonyl (C=O) groups excluding carboxylic acids is 2. The Balaban J connectivity index is 2.20. The van der Waals surface area contributed by atoms with Crippen LogP contribution >= 0.6 is 0 Å². The third-order valence-electron chi connectivity index (χ3n) is 4.36. The molecular formula is C15H25NO4. The molecule has 1 aliphatic carbocycles. The summed E-state index contributed by atoms with van der Waals surface area (Å²) in [7, 11) is 1.43. The SMILES string of the molecule is COC(=O)[C@]12CCC[C@H]1N(C(=O)OC(C)(C)C)CCC2. The van der Waals surface area contributed by atoms with E-state index in [4.69, 9.17) is 9.47 Å². The van der Waals surface area contributed by atoms with Gasteiger partial charge in [-0.3, -0.25) is 4.79 Å². The molecular weight excluding hydrogens is 258 g/mol. The Morgan fingerprint density at radius 1 is 1.20 bits per heavy atom. The fourth-order valence-electron chi connectivity index (χ4n) is 3.60. The summed E-state index contributed by atoms with van der Waals surface area (Å²) >= 11 is 0. The van der Waals surface area contributed by atoms with Crippen molar-refractivity contribution in [3.8, 4) is 0 Å². The number of ether oxygens (including phenoxy) is 2. The zero-order valence-electron chi connectivity index (χ0n) is 12.9. The van der Waals surface area contributed by atoms with Crippen molar-refractivity contribution in [2.75, 3.05) is 13.7 Å². The van der Waals surface area contributed by atoms with Crippen LogP contribution in [0.15, 0.2) is 0 Å². The molecule has 0 aromatic carbocycles. The molecule has 0 N–H and O–H groups in total. The number of rotatable bonds is 1. The van der Waals surface area contributed by atoms with Crippen molar-refractivity contribution in [1.82, 2.24) is 4.90 Å². The third kappa shape index (κ3) is 2.63. The van der Waals surface area contributed by atoms with Gasteiger partial charge in [0.25, 0.3) is 0 Å². The lowest BCUT2D eigenvalue weighted by Gasteiger charge is -2.44. The van der Waals surface area contributed by atoms with Crippen molar-refractivity contribution >= 4 is 12.1 Å². The lowest BCUT2D eigenvalue weighted by atomic mass is 9.75. The monoisotopic (exact) mass is 283 g/mol. The minimum atomic E-state index is -0.513. The number of nitrogens with zero attached hydrogens (tertiary/aromatic N) is 1. The number of piperidine rings is 1. The van der Waals surface area contributed by atoms with Gasteiger partial charge in [0, 0.05) is 6.54 Å². The summed E-state index contributed by atoms with van der Waals surface area (Å²) in [5.74, 6) is -0.173. The van der Waals surface area contributed by atoms with E-state index in [0.717, 1.165) is 32.1 Å². The zero-order valence-corrected chi connectivity index (χ0v) is 12.9. The maximum Gasteiger partial charge on any atom is 0.410 e. The van der Waals surface area contributed by atoms with Crippen LogP contribution in [0, 0.1) is 5.41 Å². The quantitative estimate of drug-likeness (QED) is 0.694. The number of likely N-dealkylation sites (tertiary alicyclic amines) is 1. The molecule has 5 nitrogen and oxygen atoms in total. The Kier molecular flexibility index (Phi) is 3.98. The molecule has 2 aliphatic rings. The van der Waals surface area contributed by atoms with Gasteiger partial charge in [-0.15, -0.1) is 0 Å². The van der Waals surface area contributed by atoms with Gasteiger partial charge in [0.2, 0.25) is 0 Å². The smallest absolute Gasteiger partial charge is 0.410 e. The molecule has 1 aliphatic heterocycles. The number of esters is 1. The van der Waals surface area contributed by atoms with Crippen LogP contribution in [0.2, 0.25) is 0 Å². The Bertz CT molecular complexity index is 401. The van der Waals surface area contributed by atoms with E-state index >= 15 is 0 Å². The van der Waals surface area contributed by atoms with Gasteiger partial charge in [0.15, 0.2) is 0 Å². The molecule has 2 fully saturated rings. The predicted octanol–water partition coefficient (Wildman–Crippen LogP) is 2.73. The van der Waals surface area contributed by atoms with E-state index in [9.17, 15) is 9.59 Å². The highest BCUT2D eigenvalue weighted by Crippen LogP contribution is 2.48. The van der Waals surface area contributed by atoms with Gasteiger partial charge in [-0.05, 0) is 46.5 Å². The normalized spacial score (nSPS) is 29.8. The maximum absolute atomic E-state index is 12.4. The number of hydrogen-bond donors (Lipinski definition) is 0. The van der Waals surface area contributed by atoms with Crippen LogP contribution in [0.25, 0.3) is 0 Å². The van der Waals surface area contributed by atoms with Gasteiger partial charge < -0.3 is 14.4 Å². The third-order valence-corrected chi connectivity index (χ3v) is 4.36. The van der Waals surface area contributed by atoms with E-state index in [1.165, 1.54) is 7.11 Å². The summed E-state index contributed by atoms with van der Waals surface area (Å²) in [5.41, 5.74) is -1.02. The van der Waals surface area contributed by atoms with Crippen molar-refractivity contribution < 1.29 is 19.1 Å². The van der Waals surface area contributed by atoms with E-state index in [-0.39, 0.29) is 18.1 Å². The lowest BCUT2D eigenvalue weighted by Crippen LogP contribution is -2.56.